The Kier molecular flexibility index (Phi) is 9.40. The number of nitrogens with one attached hydrogen (secondary N) is 2. The summed E-state index contributed by atoms with van der Waals surface area (Å²) in [6, 6.07) is 13.1. The molecule has 0 spiro atoms. The van der Waals surface area contributed by atoms with Gasteiger partial charge in [0.25, 0.3) is 0 Å². The highest BCUT2D eigenvalue weighted by molar-refractivity contribution is 14.0. The van der Waals surface area contributed by atoms with Crippen LogP contribution in [-0.2, 0) is 11.3 Å². The second kappa shape index (κ2) is 12.2. The topological polar surface area (TPSA) is 65.0 Å². The van der Waals surface area contributed by atoms with E-state index in [1.54, 1.807) is 0 Å². The molecule has 0 radical (unpaired) electrons. The van der Waals surface area contributed by atoms with Crippen molar-refractivity contribution in [2.24, 2.45) is 4.99 Å². The van der Waals surface area contributed by atoms with Crippen molar-refractivity contribution in [3.05, 3.63) is 53.7 Å². The van der Waals surface area contributed by atoms with E-state index in [-0.39, 0.29) is 30.0 Å². The van der Waals surface area contributed by atoms with Gasteiger partial charge >= 0.3 is 0 Å². The van der Waals surface area contributed by atoms with Gasteiger partial charge in [0, 0.05) is 57.2 Å². The SMILES string of the molecule is CN=C(NCc1cccnc1N1CCOCC1)NC(C)c1cccc(N2CCCC2)c1.I. The molecule has 0 bridgehead atoms. The number of benzene rings is 1. The number of morpholine rings is 1. The van der Waals surface area contributed by atoms with Gasteiger partial charge in [-0.25, -0.2) is 4.98 Å². The Balaban J connectivity index is 0.00000289. The summed E-state index contributed by atoms with van der Waals surface area (Å²) in [5.74, 6) is 1.82. The molecule has 2 aliphatic rings. The molecule has 2 aliphatic heterocycles. The van der Waals surface area contributed by atoms with E-state index in [2.05, 4.69) is 67.7 Å². The van der Waals surface area contributed by atoms with Crippen LogP contribution in [0.5, 0.6) is 0 Å². The van der Waals surface area contributed by atoms with E-state index in [9.17, 15) is 0 Å². The fourth-order valence-corrected chi connectivity index (χ4v) is 4.26. The molecule has 2 N–H and O–H groups in total. The molecule has 2 fully saturated rings. The molecule has 3 heterocycles. The maximum atomic E-state index is 5.49. The fourth-order valence-electron chi connectivity index (χ4n) is 4.26. The number of nitrogens with zero attached hydrogens (tertiary/aromatic N) is 4. The summed E-state index contributed by atoms with van der Waals surface area (Å²) in [5, 5.41) is 7.00. The number of ether oxygens (including phenoxy) is 1. The van der Waals surface area contributed by atoms with E-state index >= 15 is 0 Å². The number of halogens is 1. The van der Waals surface area contributed by atoms with Gasteiger partial charge in [0.1, 0.15) is 5.82 Å². The first-order valence-corrected chi connectivity index (χ1v) is 11.3. The minimum absolute atomic E-state index is 0. The molecule has 1 aromatic heterocycles. The van der Waals surface area contributed by atoms with Crippen LogP contribution in [0.25, 0.3) is 0 Å². The molecule has 4 rings (SSSR count). The largest absolute Gasteiger partial charge is 0.378 e. The second-order valence-corrected chi connectivity index (χ2v) is 8.17. The number of guanidine groups is 1. The van der Waals surface area contributed by atoms with Crippen LogP contribution in [0.2, 0.25) is 0 Å². The number of hydrogen-bond donors (Lipinski definition) is 2. The van der Waals surface area contributed by atoms with Gasteiger partial charge in [0.05, 0.1) is 19.3 Å². The van der Waals surface area contributed by atoms with E-state index in [0.717, 1.165) is 56.7 Å². The highest BCUT2D eigenvalue weighted by atomic mass is 127. The van der Waals surface area contributed by atoms with Crippen molar-refractivity contribution in [3.63, 3.8) is 0 Å². The summed E-state index contributed by atoms with van der Waals surface area (Å²) in [6.07, 6.45) is 4.43. The zero-order valence-corrected chi connectivity index (χ0v) is 21.4. The molecule has 2 saturated heterocycles. The van der Waals surface area contributed by atoms with Crippen LogP contribution in [0.4, 0.5) is 11.5 Å². The van der Waals surface area contributed by atoms with Crippen LogP contribution in [0.15, 0.2) is 47.6 Å². The van der Waals surface area contributed by atoms with Crippen LogP contribution in [0, 0.1) is 0 Å². The Bertz CT molecular complexity index is 880. The van der Waals surface area contributed by atoms with Crippen molar-refractivity contribution in [1.82, 2.24) is 15.6 Å². The van der Waals surface area contributed by atoms with E-state index in [1.165, 1.54) is 24.1 Å². The number of rotatable bonds is 6. The molecule has 1 aromatic carbocycles. The molecular formula is C24H35IN6O. The number of pyridine rings is 1. The minimum Gasteiger partial charge on any atom is -0.378 e. The highest BCUT2D eigenvalue weighted by Crippen LogP contribution is 2.24. The van der Waals surface area contributed by atoms with Crippen LogP contribution in [0.3, 0.4) is 0 Å². The predicted octanol–water partition coefficient (Wildman–Crippen LogP) is 3.56. The molecule has 174 valence electrons. The third-order valence-corrected chi connectivity index (χ3v) is 6.04. The Hall–Kier alpha value is -2.07. The Morgan fingerprint density at radius 3 is 2.62 bits per heavy atom. The van der Waals surface area contributed by atoms with Gasteiger partial charge in [-0.3, -0.25) is 4.99 Å². The number of hydrogen-bond acceptors (Lipinski definition) is 5. The first-order valence-electron chi connectivity index (χ1n) is 11.3. The summed E-state index contributed by atoms with van der Waals surface area (Å²) in [7, 11) is 1.81. The first-order chi connectivity index (χ1) is 15.2. The Morgan fingerprint density at radius 2 is 1.88 bits per heavy atom. The molecule has 8 heteroatoms. The van der Waals surface area contributed by atoms with E-state index < -0.39 is 0 Å². The van der Waals surface area contributed by atoms with Gasteiger partial charge in [0.15, 0.2) is 5.96 Å². The summed E-state index contributed by atoms with van der Waals surface area (Å²) >= 11 is 0. The summed E-state index contributed by atoms with van der Waals surface area (Å²) in [4.78, 5) is 13.8. The molecule has 32 heavy (non-hydrogen) atoms. The third-order valence-electron chi connectivity index (χ3n) is 6.04. The molecule has 7 nitrogen and oxygen atoms in total. The van der Waals surface area contributed by atoms with Gasteiger partial charge in [-0.15, -0.1) is 24.0 Å². The van der Waals surface area contributed by atoms with Gasteiger partial charge in [-0.1, -0.05) is 18.2 Å². The van der Waals surface area contributed by atoms with Crippen molar-refractivity contribution < 1.29 is 4.74 Å². The Labute approximate surface area is 208 Å². The zero-order valence-electron chi connectivity index (χ0n) is 19.1. The molecule has 0 aliphatic carbocycles. The average Bonchev–Trinajstić information content (AvgIpc) is 3.37. The smallest absolute Gasteiger partial charge is 0.191 e. The second-order valence-electron chi connectivity index (χ2n) is 8.17. The molecule has 0 saturated carbocycles. The fraction of sp³-hybridized carbons (Fsp3) is 0.500. The van der Waals surface area contributed by atoms with Gasteiger partial charge in [0.2, 0.25) is 0 Å². The van der Waals surface area contributed by atoms with Crippen LogP contribution in [0.1, 0.15) is 36.9 Å². The number of aromatic nitrogens is 1. The maximum absolute atomic E-state index is 5.49. The lowest BCUT2D eigenvalue weighted by Crippen LogP contribution is -2.40. The van der Waals surface area contributed by atoms with Crippen molar-refractivity contribution in [1.29, 1.82) is 0 Å². The predicted molar refractivity (Wildman–Crippen MR) is 142 cm³/mol. The molecule has 0 amide bonds. The van der Waals surface area contributed by atoms with Crippen molar-refractivity contribution in [3.8, 4) is 0 Å². The van der Waals surface area contributed by atoms with E-state index in [0.29, 0.717) is 6.54 Å². The van der Waals surface area contributed by atoms with Crippen LogP contribution >= 0.6 is 24.0 Å². The van der Waals surface area contributed by atoms with Crippen molar-refractivity contribution in [2.75, 3.05) is 56.2 Å². The summed E-state index contributed by atoms with van der Waals surface area (Å²) in [6.45, 7) is 8.42. The zero-order chi connectivity index (χ0) is 21.5. The summed E-state index contributed by atoms with van der Waals surface area (Å²) in [5.41, 5.74) is 3.75. The van der Waals surface area contributed by atoms with Crippen LogP contribution in [-0.4, -0.2) is 57.4 Å². The van der Waals surface area contributed by atoms with Gasteiger partial charge in [-0.05, 0) is 43.5 Å². The van der Waals surface area contributed by atoms with E-state index in [1.807, 2.05) is 19.3 Å². The normalized spacial score (nSPS) is 17.6. The molecule has 2 aromatic rings. The lowest BCUT2D eigenvalue weighted by atomic mass is 10.1. The standard InChI is InChI=1S/C24H34N6O.HI/c1-19(20-7-5-9-22(17-20)29-11-3-4-12-29)28-24(25-2)27-18-21-8-6-10-26-23(21)30-13-15-31-16-14-30;/h5-10,17,19H,3-4,11-16,18H2,1-2H3,(H2,25,27,28);1H. The van der Waals surface area contributed by atoms with Crippen molar-refractivity contribution in [2.45, 2.75) is 32.4 Å². The minimum atomic E-state index is 0. The monoisotopic (exact) mass is 550 g/mol. The average molecular weight is 550 g/mol. The third kappa shape index (κ3) is 6.25. The molecule has 1 atom stereocenters. The van der Waals surface area contributed by atoms with E-state index in [4.69, 9.17) is 4.74 Å². The van der Waals surface area contributed by atoms with Crippen molar-refractivity contribution >= 4 is 41.4 Å². The Morgan fingerprint density at radius 1 is 1.09 bits per heavy atom. The number of anilines is 2. The molecular weight excluding hydrogens is 515 g/mol. The number of aliphatic imine (C=N–C) groups is 1. The maximum Gasteiger partial charge on any atom is 0.191 e. The van der Waals surface area contributed by atoms with Crippen LogP contribution < -0.4 is 20.4 Å². The summed E-state index contributed by atoms with van der Waals surface area (Å²) < 4.78 is 5.49. The quantitative estimate of drug-likeness (QED) is 0.326. The van der Waals surface area contributed by atoms with Gasteiger partial charge < -0.3 is 25.2 Å². The lowest BCUT2D eigenvalue weighted by Gasteiger charge is -2.29. The highest BCUT2D eigenvalue weighted by Gasteiger charge is 2.17. The lowest BCUT2D eigenvalue weighted by molar-refractivity contribution is 0.122. The van der Waals surface area contributed by atoms with Gasteiger partial charge in [-0.2, -0.15) is 0 Å². The molecule has 1 unspecified atom stereocenters. The first kappa shape index (κ1) is 24.6.